The summed E-state index contributed by atoms with van der Waals surface area (Å²) in [7, 11) is -3.51. The van der Waals surface area contributed by atoms with Crippen LogP contribution in [0.2, 0.25) is 5.02 Å². The maximum atomic E-state index is 12.9. The Hall–Kier alpha value is -3.22. The molecule has 1 aliphatic rings. The predicted octanol–water partition coefficient (Wildman–Crippen LogP) is 4.64. The Morgan fingerprint density at radius 1 is 1.14 bits per heavy atom. The third-order valence-corrected chi connectivity index (χ3v) is 7.75. The molecule has 5 rings (SSSR count). The smallest absolute Gasteiger partial charge is 0.329 e. The SMILES string of the molecule is CN(c1cccc(C2=CCN(S(=O)(=O)C(F)(F)F)CC2)c1)c1nc2nncn2c2cc(Cl)ccc12. The van der Waals surface area contributed by atoms with Crippen LogP contribution in [0.3, 0.4) is 0 Å². The number of halogens is 4. The Kier molecular flexibility index (Phi) is 5.69. The Bertz CT molecular complexity index is 1590. The molecule has 0 amide bonds. The van der Waals surface area contributed by atoms with Crippen LogP contribution in [0.25, 0.3) is 22.3 Å². The molecule has 2 aromatic heterocycles. The standard InChI is InChI=1S/C22H18ClF3N6O2S/c1-30(20-18-6-5-16(23)12-19(18)32-13-27-29-21(32)28-20)17-4-2-3-15(11-17)14-7-9-31(10-8-14)35(33,34)22(24,25)26/h2-7,11-13H,8-10H2,1H3. The molecule has 35 heavy (non-hydrogen) atoms. The van der Waals surface area contributed by atoms with Crippen molar-refractivity contribution in [3.63, 3.8) is 0 Å². The molecule has 0 saturated heterocycles. The second-order valence-electron chi connectivity index (χ2n) is 8.00. The molecule has 0 aliphatic carbocycles. The minimum Gasteiger partial charge on any atom is -0.329 e. The predicted molar refractivity (Wildman–Crippen MR) is 127 cm³/mol. The molecule has 2 aromatic carbocycles. The fourth-order valence-corrected chi connectivity index (χ4v) is 5.15. The first-order chi connectivity index (χ1) is 16.6. The fourth-order valence-electron chi connectivity index (χ4n) is 4.09. The lowest BCUT2D eigenvalue weighted by atomic mass is 9.99. The summed E-state index contributed by atoms with van der Waals surface area (Å²) in [6, 6.07) is 12.9. The van der Waals surface area contributed by atoms with E-state index in [9.17, 15) is 21.6 Å². The Balaban J connectivity index is 1.49. The van der Waals surface area contributed by atoms with Gasteiger partial charge in [0.15, 0.2) is 0 Å². The van der Waals surface area contributed by atoms with Gasteiger partial charge in [-0.3, -0.25) is 4.40 Å². The van der Waals surface area contributed by atoms with Gasteiger partial charge in [0.2, 0.25) is 0 Å². The van der Waals surface area contributed by atoms with Crippen LogP contribution in [0, 0.1) is 0 Å². The molecule has 0 atom stereocenters. The summed E-state index contributed by atoms with van der Waals surface area (Å²) in [5.41, 5.74) is -2.19. The van der Waals surface area contributed by atoms with Crippen LogP contribution in [-0.2, 0) is 10.0 Å². The number of nitrogens with zero attached hydrogens (tertiary/aromatic N) is 6. The number of hydrogen-bond acceptors (Lipinski definition) is 6. The second-order valence-corrected chi connectivity index (χ2v) is 10.4. The molecule has 0 radical (unpaired) electrons. The van der Waals surface area contributed by atoms with E-state index in [1.165, 1.54) is 6.08 Å². The fraction of sp³-hybridized carbons (Fsp3) is 0.227. The van der Waals surface area contributed by atoms with Gasteiger partial charge in [-0.15, -0.1) is 10.2 Å². The minimum atomic E-state index is -5.35. The third-order valence-electron chi connectivity index (χ3n) is 5.92. The third kappa shape index (κ3) is 4.11. The Morgan fingerprint density at radius 2 is 1.94 bits per heavy atom. The molecule has 0 saturated carbocycles. The number of anilines is 2. The first kappa shape index (κ1) is 23.5. The first-order valence-electron chi connectivity index (χ1n) is 10.4. The van der Waals surface area contributed by atoms with E-state index in [1.54, 1.807) is 22.9 Å². The van der Waals surface area contributed by atoms with E-state index in [1.807, 2.05) is 42.3 Å². The van der Waals surface area contributed by atoms with E-state index in [0.717, 1.165) is 27.7 Å². The van der Waals surface area contributed by atoms with Crippen molar-refractivity contribution in [1.82, 2.24) is 23.9 Å². The maximum Gasteiger partial charge on any atom is 0.511 e. The molecule has 0 N–H and O–H groups in total. The summed E-state index contributed by atoms with van der Waals surface area (Å²) < 4.78 is 64.2. The highest BCUT2D eigenvalue weighted by Gasteiger charge is 2.49. The summed E-state index contributed by atoms with van der Waals surface area (Å²) in [6.07, 6.45) is 3.24. The largest absolute Gasteiger partial charge is 0.511 e. The molecular formula is C22H18ClF3N6O2S. The molecule has 0 spiro atoms. The van der Waals surface area contributed by atoms with Crippen molar-refractivity contribution in [1.29, 1.82) is 0 Å². The Labute approximate surface area is 203 Å². The highest BCUT2D eigenvalue weighted by atomic mass is 35.5. The van der Waals surface area contributed by atoms with Gasteiger partial charge in [-0.25, -0.2) is 8.42 Å². The topological polar surface area (TPSA) is 83.7 Å². The molecule has 8 nitrogen and oxygen atoms in total. The summed E-state index contributed by atoms with van der Waals surface area (Å²) >= 11 is 6.21. The van der Waals surface area contributed by atoms with Crippen molar-refractivity contribution >= 4 is 55.4 Å². The van der Waals surface area contributed by atoms with Crippen molar-refractivity contribution < 1.29 is 21.6 Å². The zero-order valence-corrected chi connectivity index (χ0v) is 19.8. The monoisotopic (exact) mass is 522 g/mol. The average Bonchev–Trinajstić information content (AvgIpc) is 3.31. The lowest BCUT2D eigenvalue weighted by Gasteiger charge is -2.27. The maximum absolute atomic E-state index is 12.9. The van der Waals surface area contributed by atoms with E-state index in [2.05, 4.69) is 15.2 Å². The lowest BCUT2D eigenvalue weighted by Crippen LogP contribution is -2.42. The van der Waals surface area contributed by atoms with Crippen LogP contribution < -0.4 is 4.90 Å². The molecule has 0 unspecified atom stereocenters. The minimum absolute atomic E-state index is 0.161. The van der Waals surface area contributed by atoms with Gasteiger partial charge in [-0.2, -0.15) is 22.5 Å². The highest BCUT2D eigenvalue weighted by molar-refractivity contribution is 7.90. The first-order valence-corrected chi connectivity index (χ1v) is 12.3. The molecule has 0 fully saturated rings. The number of aromatic nitrogens is 4. The summed E-state index contributed by atoms with van der Waals surface area (Å²) in [5.74, 6) is 1.02. The number of benzene rings is 2. The number of alkyl halides is 3. The van der Waals surface area contributed by atoms with Crippen LogP contribution in [0.15, 0.2) is 54.9 Å². The van der Waals surface area contributed by atoms with E-state index in [-0.39, 0.29) is 19.5 Å². The number of hydrogen-bond donors (Lipinski definition) is 0. The van der Waals surface area contributed by atoms with Gasteiger partial charge < -0.3 is 4.90 Å². The van der Waals surface area contributed by atoms with E-state index >= 15 is 0 Å². The van der Waals surface area contributed by atoms with Crippen molar-refractivity contribution in [2.24, 2.45) is 0 Å². The molecule has 0 bridgehead atoms. The number of fused-ring (bicyclic) bond motifs is 3. The van der Waals surface area contributed by atoms with E-state index < -0.39 is 15.5 Å². The van der Waals surface area contributed by atoms with Crippen LogP contribution >= 0.6 is 11.6 Å². The summed E-state index contributed by atoms with van der Waals surface area (Å²) in [5, 5.41) is 9.37. The van der Waals surface area contributed by atoms with Crippen LogP contribution in [0.4, 0.5) is 24.7 Å². The quantitative estimate of drug-likeness (QED) is 0.388. The van der Waals surface area contributed by atoms with Gasteiger partial charge in [0, 0.05) is 36.2 Å². The van der Waals surface area contributed by atoms with Gasteiger partial charge >= 0.3 is 15.5 Å². The van der Waals surface area contributed by atoms with Crippen LogP contribution in [0.1, 0.15) is 12.0 Å². The lowest BCUT2D eigenvalue weighted by molar-refractivity contribution is -0.0486. The van der Waals surface area contributed by atoms with Crippen molar-refractivity contribution in [3.8, 4) is 0 Å². The van der Waals surface area contributed by atoms with Crippen molar-refractivity contribution in [2.75, 3.05) is 25.0 Å². The second kappa shape index (κ2) is 8.47. The molecule has 13 heteroatoms. The number of sulfonamides is 1. The molecule has 182 valence electrons. The molecule has 1 aliphatic heterocycles. The van der Waals surface area contributed by atoms with Gasteiger partial charge in [0.25, 0.3) is 5.78 Å². The van der Waals surface area contributed by atoms with Crippen LogP contribution in [-0.4, -0.2) is 58.0 Å². The van der Waals surface area contributed by atoms with Crippen molar-refractivity contribution in [2.45, 2.75) is 11.9 Å². The van der Waals surface area contributed by atoms with Crippen molar-refractivity contribution in [3.05, 3.63) is 65.5 Å². The number of rotatable bonds is 4. The van der Waals surface area contributed by atoms with E-state index in [4.69, 9.17) is 11.6 Å². The van der Waals surface area contributed by atoms with E-state index in [0.29, 0.717) is 20.9 Å². The zero-order chi connectivity index (χ0) is 25.0. The molecule has 3 heterocycles. The van der Waals surface area contributed by atoms with Gasteiger partial charge in [-0.1, -0.05) is 29.8 Å². The highest BCUT2D eigenvalue weighted by Crippen LogP contribution is 2.34. The zero-order valence-electron chi connectivity index (χ0n) is 18.2. The molecule has 4 aromatic rings. The normalized spacial score (nSPS) is 15.5. The van der Waals surface area contributed by atoms with Gasteiger partial charge in [0.05, 0.1) is 5.52 Å². The summed E-state index contributed by atoms with van der Waals surface area (Å²) in [4.78, 5) is 6.52. The van der Waals surface area contributed by atoms with Gasteiger partial charge in [0.1, 0.15) is 12.1 Å². The molecular weight excluding hydrogens is 505 g/mol. The van der Waals surface area contributed by atoms with Gasteiger partial charge in [-0.05, 0) is 47.9 Å². The van der Waals surface area contributed by atoms with Crippen LogP contribution in [0.5, 0.6) is 0 Å². The average molecular weight is 523 g/mol. The Morgan fingerprint density at radius 3 is 2.66 bits per heavy atom. The summed E-state index contributed by atoms with van der Waals surface area (Å²) in [6.45, 7) is -0.585.